The fraction of sp³-hybridized carbons (Fsp3) is 0.950. The summed E-state index contributed by atoms with van der Waals surface area (Å²) >= 11 is 0. The molecule has 0 aromatic carbocycles. The quantitative estimate of drug-likeness (QED) is 0.316. The zero-order valence-electron chi connectivity index (χ0n) is 15.9. The Hall–Kier alpha value is -0.570. The fourth-order valence-electron chi connectivity index (χ4n) is 3.09. The van der Waals surface area contributed by atoms with E-state index in [-0.39, 0.29) is 5.60 Å². The maximum Gasteiger partial charge on any atom is 0.303 e. The van der Waals surface area contributed by atoms with Crippen molar-refractivity contribution in [3.8, 4) is 0 Å². The Kier molecular flexibility index (Phi) is 14.6. The van der Waals surface area contributed by atoms with Crippen LogP contribution in [0, 0.1) is 0 Å². The smallest absolute Gasteiger partial charge is 0.303 e. The topological polar surface area (TPSA) is 46.5 Å². The second-order valence-corrected chi connectivity index (χ2v) is 7.19. The van der Waals surface area contributed by atoms with E-state index in [9.17, 15) is 4.79 Å². The average molecular weight is 329 g/mol. The van der Waals surface area contributed by atoms with Gasteiger partial charge in [0.05, 0.1) is 5.60 Å². The van der Waals surface area contributed by atoms with Crippen LogP contribution in [0.4, 0.5) is 0 Å². The van der Waals surface area contributed by atoms with Gasteiger partial charge in [0, 0.05) is 13.5 Å². The minimum absolute atomic E-state index is 0.0740. The molecule has 1 atom stereocenters. The number of ether oxygens (including phenoxy) is 1. The van der Waals surface area contributed by atoms with Crippen LogP contribution in [0.2, 0.25) is 0 Å². The molecular weight excluding hydrogens is 288 g/mol. The molecule has 3 heteroatoms. The zero-order chi connectivity index (χ0) is 17.4. The van der Waals surface area contributed by atoms with Gasteiger partial charge >= 0.3 is 5.97 Å². The highest BCUT2D eigenvalue weighted by molar-refractivity contribution is 5.66. The van der Waals surface area contributed by atoms with Crippen LogP contribution in [0.25, 0.3) is 0 Å². The van der Waals surface area contributed by atoms with Gasteiger partial charge in [0.25, 0.3) is 0 Å². The minimum Gasteiger partial charge on any atom is -0.481 e. The van der Waals surface area contributed by atoms with Crippen molar-refractivity contribution in [2.24, 2.45) is 0 Å². The number of hydrogen-bond acceptors (Lipinski definition) is 2. The van der Waals surface area contributed by atoms with E-state index in [1.165, 1.54) is 77.0 Å². The lowest BCUT2D eigenvalue weighted by atomic mass is 9.91. The highest BCUT2D eigenvalue weighted by Crippen LogP contribution is 2.26. The van der Waals surface area contributed by atoms with E-state index in [4.69, 9.17) is 9.84 Å². The Morgan fingerprint density at radius 3 is 1.70 bits per heavy atom. The lowest BCUT2D eigenvalue weighted by Crippen LogP contribution is -2.27. The molecule has 23 heavy (non-hydrogen) atoms. The molecule has 0 aliphatic rings. The molecular formula is C20H40O3. The summed E-state index contributed by atoms with van der Waals surface area (Å²) in [7, 11) is 1.86. The number of methoxy groups -OCH3 is 1. The Morgan fingerprint density at radius 2 is 1.26 bits per heavy atom. The molecule has 0 aromatic rings. The van der Waals surface area contributed by atoms with Gasteiger partial charge in [-0.2, -0.15) is 0 Å². The molecule has 0 fully saturated rings. The van der Waals surface area contributed by atoms with E-state index in [2.05, 4.69) is 13.8 Å². The van der Waals surface area contributed by atoms with Gasteiger partial charge in [-0.05, 0) is 26.2 Å². The van der Waals surface area contributed by atoms with Crippen LogP contribution in [0.5, 0.6) is 0 Å². The third-order valence-corrected chi connectivity index (χ3v) is 4.90. The lowest BCUT2D eigenvalue weighted by Gasteiger charge is -2.28. The molecule has 0 bridgehead atoms. The van der Waals surface area contributed by atoms with Gasteiger partial charge in [-0.25, -0.2) is 0 Å². The maximum atomic E-state index is 10.4. The summed E-state index contributed by atoms with van der Waals surface area (Å²) in [5.74, 6) is -0.666. The molecule has 0 amide bonds. The number of carboxylic acid groups (broad SMARTS) is 1. The molecule has 0 radical (unpaired) electrons. The monoisotopic (exact) mass is 328 g/mol. The Labute approximate surface area is 144 Å². The van der Waals surface area contributed by atoms with E-state index >= 15 is 0 Å². The van der Waals surface area contributed by atoms with Gasteiger partial charge in [0.15, 0.2) is 0 Å². The highest BCUT2D eigenvalue weighted by Gasteiger charge is 2.22. The van der Waals surface area contributed by atoms with Crippen LogP contribution in [0.1, 0.15) is 110 Å². The zero-order valence-corrected chi connectivity index (χ0v) is 15.9. The summed E-state index contributed by atoms with van der Waals surface area (Å²) < 4.78 is 5.76. The van der Waals surface area contributed by atoms with Gasteiger partial charge in [-0.1, -0.05) is 77.6 Å². The molecule has 1 unspecified atom stereocenters. The highest BCUT2D eigenvalue weighted by atomic mass is 16.5. The lowest BCUT2D eigenvalue weighted by molar-refractivity contribution is -0.137. The van der Waals surface area contributed by atoms with Crippen molar-refractivity contribution in [3.05, 3.63) is 0 Å². The summed E-state index contributed by atoms with van der Waals surface area (Å²) in [6, 6.07) is 0. The molecule has 0 rings (SSSR count). The van der Waals surface area contributed by atoms with Crippen LogP contribution in [-0.4, -0.2) is 23.8 Å². The number of hydrogen-bond donors (Lipinski definition) is 1. The van der Waals surface area contributed by atoms with E-state index < -0.39 is 5.97 Å². The van der Waals surface area contributed by atoms with Crippen molar-refractivity contribution in [2.75, 3.05) is 7.11 Å². The second kappa shape index (κ2) is 15.0. The molecule has 0 aliphatic heterocycles. The van der Waals surface area contributed by atoms with E-state index in [0.29, 0.717) is 6.42 Å². The molecule has 0 aliphatic carbocycles. The van der Waals surface area contributed by atoms with E-state index in [0.717, 1.165) is 12.8 Å². The SMILES string of the molecule is CCCCCCC(C)(CCCCCCCCCCC(=O)O)OC. The van der Waals surface area contributed by atoms with Crippen LogP contribution in [-0.2, 0) is 9.53 Å². The van der Waals surface area contributed by atoms with Crippen LogP contribution in [0.15, 0.2) is 0 Å². The summed E-state index contributed by atoms with van der Waals surface area (Å²) in [5, 5.41) is 8.57. The normalized spacial score (nSPS) is 13.9. The van der Waals surface area contributed by atoms with Gasteiger partial charge in [0.1, 0.15) is 0 Å². The third kappa shape index (κ3) is 14.7. The molecule has 0 saturated carbocycles. The van der Waals surface area contributed by atoms with Crippen molar-refractivity contribution in [2.45, 2.75) is 116 Å². The van der Waals surface area contributed by atoms with Crippen molar-refractivity contribution >= 4 is 5.97 Å². The summed E-state index contributed by atoms with van der Waals surface area (Å²) in [6.45, 7) is 4.52. The van der Waals surface area contributed by atoms with Gasteiger partial charge in [0.2, 0.25) is 0 Å². The number of rotatable bonds is 17. The molecule has 0 spiro atoms. The first-order chi connectivity index (χ1) is 11.0. The predicted octanol–water partition coefficient (Wildman–Crippen LogP) is 6.35. The number of carbonyl (C=O) groups is 1. The van der Waals surface area contributed by atoms with E-state index in [1.807, 2.05) is 7.11 Å². The molecule has 0 saturated heterocycles. The van der Waals surface area contributed by atoms with Crippen molar-refractivity contribution in [3.63, 3.8) is 0 Å². The minimum atomic E-state index is -0.666. The maximum absolute atomic E-state index is 10.4. The molecule has 138 valence electrons. The first kappa shape index (κ1) is 22.4. The van der Waals surface area contributed by atoms with E-state index in [1.54, 1.807) is 0 Å². The van der Waals surface area contributed by atoms with Crippen LogP contribution < -0.4 is 0 Å². The summed E-state index contributed by atoms with van der Waals surface area (Å²) in [5.41, 5.74) is 0.0740. The second-order valence-electron chi connectivity index (χ2n) is 7.19. The Balaban J connectivity index is 3.47. The molecule has 0 aromatic heterocycles. The molecule has 1 N–H and O–H groups in total. The standard InChI is InChI=1S/C20H40O3/c1-4-5-6-14-17-20(2,23-3)18-15-12-10-8-7-9-11-13-16-19(21)22/h4-18H2,1-3H3,(H,21,22). The van der Waals surface area contributed by atoms with Gasteiger partial charge in [-0.3, -0.25) is 4.79 Å². The van der Waals surface area contributed by atoms with Crippen molar-refractivity contribution in [1.29, 1.82) is 0 Å². The first-order valence-corrected chi connectivity index (χ1v) is 9.81. The number of unbranched alkanes of at least 4 members (excludes halogenated alkanes) is 10. The fourth-order valence-corrected chi connectivity index (χ4v) is 3.09. The van der Waals surface area contributed by atoms with Gasteiger partial charge < -0.3 is 9.84 Å². The van der Waals surface area contributed by atoms with Crippen LogP contribution in [0.3, 0.4) is 0 Å². The number of carboxylic acids is 1. The third-order valence-electron chi connectivity index (χ3n) is 4.90. The van der Waals surface area contributed by atoms with Crippen molar-refractivity contribution < 1.29 is 14.6 Å². The largest absolute Gasteiger partial charge is 0.481 e. The Bertz CT molecular complexity index is 278. The number of aliphatic carboxylic acids is 1. The average Bonchev–Trinajstić information content (AvgIpc) is 2.53. The van der Waals surface area contributed by atoms with Crippen LogP contribution >= 0.6 is 0 Å². The summed E-state index contributed by atoms with van der Waals surface area (Å²) in [4.78, 5) is 10.4. The van der Waals surface area contributed by atoms with Gasteiger partial charge in [-0.15, -0.1) is 0 Å². The molecule has 0 heterocycles. The molecule has 3 nitrogen and oxygen atoms in total. The Morgan fingerprint density at radius 1 is 0.826 bits per heavy atom. The predicted molar refractivity (Wildman–Crippen MR) is 98.0 cm³/mol. The first-order valence-electron chi connectivity index (χ1n) is 9.81. The summed E-state index contributed by atoms with van der Waals surface area (Å²) in [6.07, 6.45) is 17.4. The van der Waals surface area contributed by atoms with Crippen molar-refractivity contribution in [1.82, 2.24) is 0 Å².